The van der Waals surface area contributed by atoms with Gasteiger partial charge < -0.3 is 9.64 Å². The van der Waals surface area contributed by atoms with E-state index >= 15 is 0 Å². The van der Waals surface area contributed by atoms with Gasteiger partial charge in [0.2, 0.25) is 11.8 Å². The molecule has 2 heterocycles. The summed E-state index contributed by atoms with van der Waals surface area (Å²) in [5, 5.41) is 4.74. The van der Waals surface area contributed by atoms with Gasteiger partial charge in [-0.15, -0.1) is 0 Å². The van der Waals surface area contributed by atoms with E-state index in [2.05, 4.69) is 0 Å². The van der Waals surface area contributed by atoms with Crippen LogP contribution in [0.4, 0.5) is 0 Å². The van der Waals surface area contributed by atoms with Crippen LogP contribution in [0.15, 0.2) is 54.6 Å². The highest BCUT2D eigenvalue weighted by molar-refractivity contribution is 5.77. The fourth-order valence-electron chi connectivity index (χ4n) is 3.88. The number of likely N-dealkylation sites (tertiary alicyclic amines) is 1. The molecule has 1 aromatic heterocycles. The summed E-state index contributed by atoms with van der Waals surface area (Å²) in [6.07, 6.45) is 3.29. The second kappa shape index (κ2) is 8.52. The summed E-state index contributed by atoms with van der Waals surface area (Å²) in [7, 11) is 1.89. The number of carbonyl (C=O) groups excluding carboxylic acids is 1. The van der Waals surface area contributed by atoms with E-state index in [0.717, 1.165) is 54.1 Å². The topological polar surface area (TPSA) is 47.4 Å². The molecule has 0 radical (unpaired) electrons. The lowest BCUT2D eigenvalue weighted by Crippen LogP contribution is -2.27. The van der Waals surface area contributed by atoms with E-state index in [1.54, 1.807) is 4.68 Å². The number of carbonyl (C=O) groups is 1. The Hall–Kier alpha value is -3.08. The first-order valence-electron chi connectivity index (χ1n) is 10.3. The van der Waals surface area contributed by atoms with E-state index in [4.69, 9.17) is 9.84 Å². The predicted octanol–water partition coefficient (Wildman–Crippen LogP) is 4.74. The molecule has 5 nitrogen and oxygen atoms in total. The van der Waals surface area contributed by atoms with Gasteiger partial charge in [-0.3, -0.25) is 4.79 Å². The minimum Gasteiger partial charge on any atom is -0.439 e. The summed E-state index contributed by atoms with van der Waals surface area (Å²) in [6, 6.07) is 18.1. The molecule has 0 spiro atoms. The lowest BCUT2D eigenvalue weighted by molar-refractivity contribution is -0.130. The summed E-state index contributed by atoms with van der Waals surface area (Å²) in [5.74, 6) is 1.69. The van der Waals surface area contributed by atoms with Gasteiger partial charge in [0.1, 0.15) is 5.75 Å². The normalized spacial score (nSPS) is 13.7. The Bertz CT molecular complexity index is 989. The number of benzene rings is 2. The van der Waals surface area contributed by atoms with E-state index in [-0.39, 0.29) is 5.91 Å². The monoisotopic (exact) mass is 389 g/mol. The molecule has 0 N–H and O–H groups in total. The number of nitrogens with zero attached hydrogens (tertiary/aromatic N) is 3. The third-order valence-electron chi connectivity index (χ3n) is 5.39. The molecule has 0 saturated carbocycles. The fourth-order valence-corrected chi connectivity index (χ4v) is 3.88. The first-order valence-corrected chi connectivity index (χ1v) is 10.3. The maximum absolute atomic E-state index is 12.6. The van der Waals surface area contributed by atoms with E-state index in [0.29, 0.717) is 18.7 Å². The van der Waals surface area contributed by atoms with Gasteiger partial charge in [-0.05, 0) is 43.9 Å². The van der Waals surface area contributed by atoms with Crippen molar-refractivity contribution in [1.29, 1.82) is 0 Å². The number of hydrogen-bond donors (Lipinski definition) is 0. The van der Waals surface area contributed by atoms with E-state index in [1.807, 2.05) is 73.5 Å². The Kier molecular flexibility index (Phi) is 5.65. The number of aromatic nitrogens is 2. The smallest absolute Gasteiger partial charge is 0.222 e. The molecule has 3 aromatic rings. The van der Waals surface area contributed by atoms with Gasteiger partial charge in [-0.25, -0.2) is 4.68 Å². The van der Waals surface area contributed by atoms with Crippen LogP contribution in [0.3, 0.4) is 0 Å². The van der Waals surface area contributed by atoms with Crippen LogP contribution in [0, 0.1) is 6.92 Å². The van der Waals surface area contributed by atoms with Crippen molar-refractivity contribution in [2.24, 2.45) is 7.05 Å². The average Bonchev–Trinajstić information content (AvgIpc) is 3.36. The summed E-state index contributed by atoms with van der Waals surface area (Å²) < 4.78 is 8.03. The van der Waals surface area contributed by atoms with Crippen LogP contribution < -0.4 is 4.74 Å². The number of hydrogen-bond acceptors (Lipinski definition) is 3. The van der Waals surface area contributed by atoms with Gasteiger partial charge in [0.05, 0.1) is 5.69 Å². The first kappa shape index (κ1) is 19.2. The van der Waals surface area contributed by atoms with Crippen molar-refractivity contribution in [1.82, 2.24) is 14.7 Å². The molecule has 29 heavy (non-hydrogen) atoms. The molecule has 0 unspecified atom stereocenters. The Morgan fingerprint density at radius 3 is 2.55 bits per heavy atom. The molecule has 1 saturated heterocycles. The van der Waals surface area contributed by atoms with Crippen LogP contribution in [0.25, 0.3) is 11.3 Å². The van der Waals surface area contributed by atoms with Crippen LogP contribution in [0.2, 0.25) is 0 Å². The first-order chi connectivity index (χ1) is 14.1. The zero-order chi connectivity index (χ0) is 20.2. The molecule has 0 bridgehead atoms. The molecule has 1 fully saturated rings. The fraction of sp³-hybridized carbons (Fsp3) is 0.333. The lowest BCUT2D eigenvalue weighted by Gasteiger charge is -2.15. The molecule has 5 heteroatoms. The second-order valence-electron chi connectivity index (χ2n) is 7.63. The molecule has 1 aliphatic heterocycles. The molecule has 150 valence electrons. The van der Waals surface area contributed by atoms with Gasteiger partial charge in [-0.2, -0.15) is 5.10 Å². The Labute approximate surface area is 171 Å². The Morgan fingerprint density at radius 1 is 1.07 bits per heavy atom. The largest absolute Gasteiger partial charge is 0.439 e. The molecule has 1 amide bonds. The van der Waals surface area contributed by atoms with Gasteiger partial charge in [-0.1, -0.05) is 42.5 Å². The van der Waals surface area contributed by atoms with Crippen LogP contribution in [0.5, 0.6) is 11.6 Å². The number of rotatable bonds is 6. The molecule has 1 aliphatic rings. The van der Waals surface area contributed by atoms with E-state index < -0.39 is 0 Å². The van der Waals surface area contributed by atoms with Crippen molar-refractivity contribution in [3.05, 3.63) is 65.7 Å². The van der Waals surface area contributed by atoms with Crippen LogP contribution in [0.1, 0.15) is 30.4 Å². The van der Waals surface area contributed by atoms with Crippen molar-refractivity contribution in [2.75, 3.05) is 13.1 Å². The third kappa shape index (κ3) is 4.34. The van der Waals surface area contributed by atoms with Gasteiger partial charge >= 0.3 is 0 Å². The summed E-state index contributed by atoms with van der Waals surface area (Å²) in [5.41, 5.74) is 4.03. The predicted molar refractivity (Wildman–Crippen MR) is 114 cm³/mol. The number of ether oxygens (including phenoxy) is 1. The summed E-state index contributed by atoms with van der Waals surface area (Å²) in [4.78, 5) is 14.6. The van der Waals surface area contributed by atoms with Crippen LogP contribution in [-0.4, -0.2) is 33.7 Å². The number of amides is 1. The second-order valence-corrected chi connectivity index (χ2v) is 7.63. The molecular weight excluding hydrogens is 362 g/mol. The molecule has 0 atom stereocenters. The Morgan fingerprint density at radius 2 is 1.83 bits per heavy atom. The molecule has 4 rings (SSSR count). The van der Waals surface area contributed by atoms with Crippen LogP contribution in [-0.2, 0) is 18.3 Å². The van der Waals surface area contributed by atoms with Crippen molar-refractivity contribution in [3.63, 3.8) is 0 Å². The summed E-state index contributed by atoms with van der Waals surface area (Å²) >= 11 is 0. The van der Waals surface area contributed by atoms with Gasteiger partial charge in [0.25, 0.3) is 0 Å². The highest BCUT2D eigenvalue weighted by Gasteiger charge is 2.23. The highest BCUT2D eigenvalue weighted by Crippen LogP contribution is 2.34. The maximum atomic E-state index is 12.6. The van der Waals surface area contributed by atoms with Crippen molar-refractivity contribution in [2.45, 2.75) is 32.6 Å². The van der Waals surface area contributed by atoms with Gasteiger partial charge in [0, 0.05) is 37.7 Å². The Balaban J connectivity index is 1.66. The highest BCUT2D eigenvalue weighted by atomic mass is 16.5. The maximum Gasteiger partial charge on any atom is 0.222 e. The zero-order valence-corrected chi connectivity index (χ0v) is 17.1. The molecule has 0 aliphatic carbocycles. The van der Waals surface area contributed by atoms with E-state index in [9.17, 15) is 4.79 Å². The van der Waals surface area contributed by atoms with Crippen molar-refractivity contribution < 1.29 is 9.53 Å². The van der Waals surface area contributed by atoms with Crippen molar-refractivity contribution in [3.8, 4) is 22.9 Å². The van der Waals surface area contributed by atoms with E-state index in [1.165, 1.54) is 0 Å². The quantitative estimate of drug-likeness (QED) is 0.612. The van der Waals surface area contributed by atoms with Crippen molar-refractivity contribution >= 4 is 5.91 Å². The molecule has 2 aromatic carbocycles. The standard InChI is InChI=1S/C24H27N3O2/c1-18-9-8-12-20(17-18)29-24-21(13-14-22(28)27-15-6-7-16-27)23(25-26(24)2)19-10-4-3-5-11-19/h3-5,8-12,17H,6-7,13-16H2,1-2H3. The summed E-state index contributed by atoms with van der Waals surface area (Å²) in [6.45, 7) is 3.80. The molecular formula is C24H27N3O2. The zero-order valence-electron chi connectivity index (χ0n) is 17.1. The SMILES string of the molecule is Cc1cccc(Oc2c(CCC(=O)N3CCCC3)c(-c3ccccc3)nn2C)c1. The minimum absolute atomic E-state index is 0.215. The third-order valence-corrected chi connectivity index (χ3v) is 5.39. The number of aryl methyl sites for hydroxylation is 2. The lowest BCUT2D eigenvalue weighted by atomic mass is 10.0. The average molecular weight is 389 g/mol. The van der Waals surface area contributed by atoms with Gasteiger partial charge in [0.15, 0.2) is 0 Å². The minimum atomic E-state index is 0.215. The van der Waals surface area contributed by atoms with Crippen LogP contribution >= 0.6 is 0 Å².